The van der Waals surface area contributed by atoms with E-state index in [1.165, 1.54) is 16.3 Å². The normalized spacial score (nSPS) is 23.3. The smallest absolute Gasteiger partial charge is 2.00 e. The summed E-state index contributed by atoms with van der Waals surface area (Å²) in [6.45, 7) is 5.24. The van der Waals surface area contributed by atoms with Crippen LogP contribution in [-0.2, 0) is 55.6 Å². The molecule has 2 aromatic rings. The summed E-state index contributed by atoms with van der Waals surface area (Å²) in [5.41, 5.74) is 1.31. The Morgan fingerprint density at radius 3 is 2.58 bits per heavy atom. The van der Waals surface area contributed by atoms with Gasteiger partial charge in [0.2, 0.25) is 0 Å². The standard InChI is InChI=1S/C29H41N3O2S2.O.Tc/c1-2-27(33)29-25(23-9-8-21-6-3-4-7-22(21)18-23)19-24-10-11-26(29)32(24)14-5-13-31(15-17-36)20-28(34)30-12-16-35;;/h3-4,6-9,18,24-26,29,35-36H,2,5,10-17,19-20H2,1H3,(H,30,34);;/q;-2;+5/p-3/t24?,25-,26+,29-;;/m0../s1. The molecule has 0 saturated carbocycles. The van der Waals surface area contributed by atoms with Gasteiger partial charge in [-0.25, -0.2) is 0 Å². The molecule has 2 aliphatic heterocycles. The molecule has 2 bridgehead atoms. The number of hydrogen-bond donors (Lipinski definition) is 0. The molecule has 2 fully saturated rings. The average Bonchev–Trinajstić information content (AvgIpc) is 3.17. The van der Waals surface area contributed by atoms with Crippen molar-refractivity contribution < 1.29 is 35.5 Å². The first-order valence-electron chi connectivity index (χ1n) is 13.4. The van der Waals surface area contributed by atoms with E-state index >= 15 is 0 Å². The topological polar surface area (TPSA) is 87.5 Å². The Kier molecular flexibility index (Phi) is 14.3. The van der Waals surface area contributed by atoms with Crippen LogP contribution >= 0.6 is 0 Å². The summed E-state index contributed by atoms with van der Waals surface area (Å²) in [7, 11) is 0. The summed E-state index contributed by atoms with van der Waals surface area (Å²) in [6.07, 6.45) is 4.85. The summed E-state index contributed by atoms with van der Waals surface area (Å²) >= 11 is 10.1. The van der Waals surface area contributed by atoms with E-state index in [4.69, 9.17) is 25.3 Å². The number of benzene rings is 2. The monoisotopic (exact) mass is 637 g/mol. The van der Waals surface area contributed by atoms with Gasteiger partial charge in [-0.15, -0.1) is 0 Å². The number of piperidine rings is 1. The molecule has 2 heterocycles. The van der Waals surface area contributed by atoms with Crippen molar-refractivity contribution in [1.29, 1.82) is 0 Å². The zero-order valence-electron chi connectivity index (χ0n) is 22.1. The van der Waals surface area contributed by atoms with Gasteiger partial charge in [0.15, 0.2) is 0 Å². The molecule has 0 amide bonds. The Morgan fingerprint density at radius 2 is 1.87 bits per heavy atom. The Morgan fingerprint density at radius 1 is 1.11 bits per heavy atom. The third kappa shape index (κ3) is 8.06. The van der Waals surface area contributed by atoms with E-state index in [1.54, 1.807) is 0 Å². The maximum Gasteiger partial charge on any atom is 5.00 e. The van der Waals surface area contributed by atoms with Crippen LogP contribution in [0.2, 0.25) is 0 Å². The number of hydrogen-bond acceptors (Lipinski definition) is 7. The van der Waals surface area contributed by atoms with E-state index in [0.717, 1.165) is 45.3 Å². The second-order valence-electron chi connectivity index (χ2n) is 10.1. The largest absolute Gasteiger partial charge is 5.00 e. The van der Waals surface area contributed by atoms with Crippen LogP contribution in [0.25, 0.3) is 10.8 Å². The molecule has 2 saturated heterocycles. The number of aliphatic imine (C=N–C) groups is 1. The summed E-state index contributed by atoms with van der Waals surface area (Å²) in [4.78, 5) is 22.1. The summed E-state index contributed by atoms with van der Waals surface area (Å²) in [5, 5.41) is 14.6. The Bertz CT molecular complexity index is 1060. The number of rotatable bonds is 13. The third-order valence-electron chi connectivity index (χ3n) is 8.02. The second-order valence-corrected chi connectivity index (χ2v) is 11.0. The number of carbonyl (C=O) groups excluding carboxylic acids is 1. The van der Waals surface area contributed by atoms with Crippen LogP contribution in [0.4, 0.5) is 0 Å². The Hall–Kier alpha value is -0.931. The minimum Gasteiger partial charge on any atom is -2.00 e. The maximum absolute atomic E-state index is 13.3. The van der Waals surface area contributed by atoms with Crippen molar-refractivity contribution in [1.82, 2.24) is 9.80 Å². The molecule has 4 atom stereocenters. The van der Waals surface area contributed by atoms with Gasteiger partial charge in [-0.05, 0) is 73.5 Å². The van der Waals surface area contributed by atoms with Crippen LogP contribution in [0.5, 0.6) is 0 Å². The number of nitrogens with zero attached hydrogens (tertiary/aromatic N) is 3. The van der Waals surface area contributed by atoms with Crippen LogP contribution in [0.1, 0.15) is 50.5 Å². The SMILES string of the molecule is CCC(=O)[C@@H]1[C@H]2CCC(C[C@H]1c1ccc3ccccc3c1)N2CCCN(CC[S-])CC([O-])=NCC[S-].[O-2].[Tc+5]. The predicted molar refractivity (Wildman–Crippen MR) is 152 cm³/mol. The van der Waals surface area contributed by atoms with Crippen LogP contribution < -0.4 is 5.11 Å². The van der Waals surface area contributed by atoms with Crippen LogP contribution in [-0.4, -0.2) is 77.8 Å². The Labute approximate surface area is 252 Å². The molecule has 1 unspecified atom stereocenters. The van der Waals surface area contributed by atoms with Crippen molar-refractivity contribution in [2.24, 2.45) is 10.9 Å². The molecule has 0 N–H and O–H groups in total. The first-order chi connectivity index (χ1) is 17.5. The van der Waals surface area contributed by atoms with E-state index in [9.17, 15) is 9.90 Å². The molecule has 6 nitrogen and oxygen atoms in total. The molecule has 9 heteroatoms. The predicted octanol–water partition coefficient (Wildman–Crippen LogP) is 3.18. The van der Waals surface area contributed by atoms with Gasteiger partial charge in [0.05, 0.1) is 0 Å². The number of fused-ring (bicyclic) bond motifs is 3. The van der Waals surface area contributed by atoms with Crippen molar-refractivity contribution in [3.8, 4) is 0 Å². The van der Waals surface area contributed by atoms with Gasteiger partial charge in [0.25, 0.3) is 0 Å². The van der Waals surface area contributed by atoms with Crippen molar-refractivity contribution in [2.45, 2.75) is 57.0 Å². The van der Waals surface area contributed by atoms with Gasteiger partial charge in [-0.1, -0.05) is 49.4 Å². The molecule has 0 radical (unpaired) electrons. The number of carbonyl (C=O) groups is 1. The number of Topliss-reactive ketones (excluding diaryl/α,β-unsaturated/α-hetero) is 1. The molecule has 0 aromatic heterocycles. The number of ketones is 1. The maximum atomic E-state index is 13.3. The molecular weight excluding hydrogens is 600 g/mol. The zero-order valence-corrected chi connectivity index (χ0v) is 25.6. The zero-order chi connectivity index (χ0) is 25.5. The van der Waals surface area contributed by atoms with Gasteiger partial charge in [0, 0.05) is 37.5 Å². The van der Waals surface area contributed by atoms with E-state index in [1.807, 2.05) is 6.92 Å². The quantitative estimate of drug-likeness (QED) is 0.190. The van der Waals surface area contributed by atoms with Gasteiger partial charge in [0.1, 0.15) is 5.78 Å². The molecular formula is C29H38N3O3S2Tc. The molecule has 38 heavy (non-hydrogen) atoms. The summed E-state index contributed by atoms with van der Waals surface area (Å²) in [5.74, 6) is 1.71. The average molecular weight is 639 g/mol. The van der Waals surface area contributed by atoms with E-state index in [0.29, 0.717) is 48.9 Å². The first-order valence-corrected chi connectivity index (χ1v) is 14.6. The fraction of sp³-hybridized carbons (Fsp3) is 0.586. The van der Waals surface area contributed by atoms with Crippen molar-refractivity contribution >= 4 is 47.7 Å². The van der Waals surface area contributed by atoms with Crippen molar-refractivity contribution in [3.05, 3.63) is 48.0 Å². The molecule has 2 aliphatic rings. The first kappa shape index (κ1) is 33.3. The van der Waals surface area contributed by atoms with Gasteiger partial charge < -0.3 is 45.7 Å². The molecule has 0 aliphatic carbocycles. The van der Waals surface area contributed by atoms with Gasteiger partial charge >= 0.3 is 20.1 Å². The summed E-state index contributed by atoms with van der Waals surface area (Å²) < 4.78 is 0. The second kappa shape index (κ2) is 16.4. The minimum absolute atomic E-state index is 0. The van der Waals surface area contributed by atoms with E-state index < -0.39 is 0 Å². The van der Waals surface area contributed by atoms with Gasteiger partial charge in [-0.2, -0.15) is 11.5 Å². The van der Waals surface area contributed by atoms with Crippen molar-refractivity contribution in [3.63, 3.8) is 0 Å². The van der Waals surface area contributed by atoms with Crippen LogP contribution in [0, 0.1) is 5.92 Å². The van der Waals surface area contributed by atoms with Crippen LogP contribution in [0.3, 0.4) is 0 Å². The molecule has 206 valence electrons. The fourth-order valence-corrected chi connectivity index (χ4v) is 6.75. The minimum atomic E-state index is -0.104. The Balaban J connectivity index is 0.00000253. The molecule has 4 rings (SSSR count). The molecule has 0 spiro atoms. The third-order valence-corrected chi connectivity index (χ3v) is 8.39. The molecule has 2 aromatic carbocycles. The van der Waals surface area contributed by atoms with Crippen molar-refractivity contribution in [2.75, 3.05) is 44.2 Å². The fourth-order valence-electron chi connectivity index (χ4n) is 6.41. The summed E-state index contributed by atoms with van der Waals surface area (Å²) in [6, 6.07) is 16.1. The van der Waals surface area contributed by atoms with E-state index in [2.05, 4.69) is 57.3 Å². The van der Waals surface area contributed by atoms with E-state index in [-0.39, 0.29) is 43.3 Å². The van der Waals surface area contributed by atoms with Gasteiger partial charge in [-0.3, -0.25) is 9.69 Å². The van der Waals surface area contributed by atoms with Crippen LogP contribution in [0.15, 0.2) is 47.5 Å².